The molecule has 1 aliphatic rings. The van der Waals surface area contributed by atoms with E-state index in [0.717, 1.165) is 0 Å². The van der Waals surface area contributed by atoms with Crippen LogP contribution < -0.4 is 0 Å². The van der Waals surface area contributed by atoms with Crippen LogP contribution in [0.4, 0.5) is 0 Å². The minimum Gasteiger partial charge on any atom is -0.289 e. The topological polar surface area (TPSA) is 12.4 Å². The van der Waals surface area contributed by atoms with Crippen LogP contribution in [0, 0.1) is 0 Å². The second kappa shape index (κ2) is 5.09. The Morgan fingerprint density at radius 2 is 1.35 bits per heavy atom. The van der Waals surface area contributed by atoms with Crippen LogP contribution in [0.3, 0.4) is 0 Å². The monoisotopic (exact) mass is 261 g/mol. The highest BCUT2D eigenvalue weighted by Crippen LogP contribution is 2.44. The zero-order valence-electron chi connectivity index (χ0n) is 12.0. The second-order valence-electron chi connectivity index (χ2n) is 5.36. The van der Waals surface area contributed by atoms with Crippen molar-refractivity contribution in [3.63, 3.8) is 0 Å². The van der Waals surface area contributed by atoms with Gasteiger partial charge in [-0.2, -0.15) is 0 Å². The quantitative estimate of drug-likeness (QED) is 0.760. The summed E-state index contributed by atoms with van der Waals surface area (Å²) in [6.45, 7) is 4.41. The summed E-state index contributed by atoms with van der Waals surface area (Å²) in [5.74, 6) is 0. The lowest BCUT2D eigenvalue weighted by Crippen LogP contribution is -2.41. The maximum absolute atomic E-state index is 4.69. The molecule has 100 valence electrons. The van der Waals surface area contributed by atoms with Crippen LogP contribution >= 0.6 is 0 Å². The molecule has 0 aliphatic carbocycles. The van der Waals surface area contributed by atoms with Crippen molar-refractivity contribution in [1.29, 1.82) is 0 Å². The van der Waals surface area contributed by atoms with Gasteiger partial charge in [-0.1, -0.05) is 66.2 Å². The van der Waals surface area contributed by atoms with Gasteiger partial charge in [-0.05, 0) is 31.1 Å². The van der Waals surface area contributed by atoms with Gasteiger partial charge in [-0.3, -0.25) is 4.99 Å². The van der Waals surface area contributed by atoms with E-state index in [-0.39, 0.29) is 11.5 Å². The van der Waals surface area contributed by atoms with Crippen molar-refractivity contribution in [3.05, 3.63) is 83.4 Å². The van der Waals surface area contributed by atoms with Crippen LogP contribution in [0.25, 0.3) is 0 Å². The average Bonchev–Trinajstić information content (AvgIpc) is 2.50. The lowest BCUT2D eigenvalue weighted by molar-refractivity contribution is 0.494. The molecule has 2 aromatic carbocycles. The third-order valence-corrected chi connectivity index (χ3v) is 4.34. The van der Waals surface area contributed by atoms with Gasteiger partial charge < -0.3 is 0 Å². The van der Waals surface area contributed by atoms with E-state index in [0.29, 0.717) is 0 Å². The molecule has 0 N–H and O–H groups in total. The Labute approximate surface area is 120 Å². The zero-order chi connectivity index (χ0) is 14.0. The van der Waals surface area contributed by atoms with Crippen LogP contribution in [-0.4, -0.2) is 12.3 Å². The molecule has 0 radical (unpaired) electrons. The summed E-state index contributed by atoms with van der Waals surface area (Å²) >= 11 is 0. The third-order valence-electron chi connectivity index (χ3n) is 4.34. The van der Waals surface area contributed by atoms with Crippen LogP contribution in [0.2, 0.25) is 0 Å². The van der Waals surface area contributed by atoms with Gasteiger partial charge in [0.05, 0.1) is 11.5 Å². The molecule has 1 heterocycles. The van der Waals surface area contributed by atoms with Gasteiger partial charge in [0, 0.05) is 6.21 Å². The van der Waals surface area contributed by atoms with Crippen molar-refractivity contribution in [1.82, 2.24) is 0 Å². The predicted molar refractivity (Wildman–Crippen MR) is 85.4 cm³/mol. The smallest absolute Gasteiger partial charge is 0.0646 e. The Morgan fingerprint density at radius 3 is 1.80 bits per heavy atom. The fourth-order valence-electron chi connectivity index (χ4n) is 3.36. The lowest BCUT2D eigenvalue weighted by atomic mass is 9.64. The molecule has 1 unspecified atom stereocenters. The van der Waals surface area contributed by atoms with E-state index in [2.05, 4.69) is 85.6 Å². The molecule has 0 bridgehead atoms. The van der Waals surface area contributed by atoms with Crippen LogP contribution in [-0.2, 0) is 5.41 Å². The van der Waals surface area contributed by atoms with E-state index >= 15 is 0 Å². The molecule has 1 atom stereocenters. The standard InChI is InChI=1S/C19H19N/c1-15-13-14-20-16(2)19(15,17-9-5-3-6-10-17)18-11-7-4-8-12-18/h3-14,16H,1-2H3. The summed E-state index contributed by atoms with van der Waals surface area (Å²) in [6, 6.07) is 21.6. The molecule has 1 heteroatoms. The van der Waals surface area contributed by atoms with Crippen molar-refractivity contribution < 1.29 is 0 Å². The minimum absolute atomic E-state index is 0.155. The molecule has 2 aromatic rings. The predicted octanol–water partition coefficient (Wildman–Crippen LogP) is 4.39. The summed E-state index contributed by atoms with van der Waals surface area (Å²) in [7, 11) is 0. The maximum atomic E-state index is 4.69. The molecule has 0 aromatic heterocycles. The first kappa shape index (κ1) is 12.9. The van der Waals surface area contributed by atoms with Gasteiger partial charge >= 0.3 is 0 Å². The number of nitrogens with zero attached hydrogens (tertiary/aromatic N) is 1. The molecule has 0 fully saturated rings. The molecule has 3 rings (SSSR count). The van der Waals surface area contributed by atoms with E-state index in [1.54, 1.807) is 0 Å². The van der Waals surface area contributed by atoms with Gasteiger partial charge in [-0.15, -0.1) is 0 Å². The van der Waals surface area contributed by atoms with Gasteiger partial charge in [0.2, 0.25) is 0 Å². The second-order valence-corrected chi connectivity index (χ2v) is 5.36. The first-order valence-corrected chi connectivity index (χ1v) is 7.08. The Balaban J connectivity index is 2.29. The number of hydrogen-bond donors (Lipinski definition) is 0. The Morgan fingerprint density at radius 1 is 0.850 bits per heavy atom. The van der Waals surface area contributed by atoms with Crippen molar-refractivity contribution in [2.45, 2.75) is 25.3 Å². The number of rotatable bonds is 2. The molecule has 1 nitrogen and oxygen atoms in total. The number of dihydropyridines is 1. The van der Waals surface area contributed by atoms with Gasteiger partial charge in [0.1, 0.15) is 0 Å². The average molecular weight is 261 g/mol. The summed E-state index contributed by atoms with van der Waals surface area (Å²) < 4.78 is 0. The maximum Gasteiger partial charge on any atom is 0.0646 e. The summed E-state index contributed by atoms with van der Waals surface area (Å²) in [4.78, 5) is 4.69. The SMILES string of the molecule is CC1=CC=NC(C)C1(c1ccccc1)c1ccccc1. The number of aliphatic imine (C=N–C) groups is 1. The third kappa shape index (κ3) is 1.82. The van der Waals surface area contributed by atoms with E-state index in [4.69, 9.17) is 0 Å². The van der Waals surface area contributed by atoms with E-state index in [1.165, 1.54) is 16.7 Å². The molecule has 0 amide bonds. The Kier molecular flexibility index (Phi) is 3.27. The van der Waals surface area contributed by atoms with Gasteiger partial charge in [-0.25, -0.2) is 0 Å². The highest BCUT2D eigenvalue weighted by Gasteiger charge is 2.42. The Hall–Kier alpha value is -2.15. The van der Waals surface area contributed by atoms with Crippen molar-refractivity contribution in [2.75, 3.05) is 0 Å². The summed E-state index contributed by atoms with van der Waals surface area (Å²) in [5, 5.41) is 0. The van der Waals surface area contributed by atoms with Gasteiger partial charge in [0.15, 0.2) is 0 Å². The Bertz CT molecular complexity index is 598. The number of benzene rings is 2. The van der Waals surface area contributed by atoms with Crippen molar-refractivity contribution in [3.8, 4) is 0 Å². The molecule has 20 heavy (non-hydrogen) atoms. The number of hydrogen-bond acceptors (Lipinski definition) is 1. The van der Waals surface area contributed by atoms with E-state index in [9.17, 15) is 0 Å². The molecule has 0 saturated heterocycles. The largest absolute Gasteiger partial charge is 0.289 e. The summed E-state index contributed by atoms with van der Waals surface area (Å²) in [6.07, 6.45) is 4.07. The van der Waals surface area contributed by atoms with Crippen LogP contribution in [0.1, 0.15) is 25.0 Å². The zero-order valence-corrected chi connectivity index (χ0v) is 12.0. The van der Waals surface area contributed by atoms with E-state index in [1.807, 2.05) is 6.21 Å². The first-order chi connectivity index (χ1) is 9.76. The van der Waals surface area contributed by atoms with E-state index < -0.39 is 0 Å². The molecular weight excluding hydrogens is 242 g/mol. The normalized spacial score (nSPS) is 20.5. The molecule has 0 spiro atoms. The van der Waals surface area contributed by atoms with Gasteiger partial charge in [0.25, 0.3) is 0 Å². The van der Waals surface area contributed by atoms with Crippen LogP contribution in [0.15, 0.2) is 77.3 Å². The molecule has 0 saturated carbocycles. The number of allylic oxidation sites excluding steroid dienone is 1. The molecular formula is C19H19N. The first-order valence-electron chi connectivity index (χ1n) is 7.08. The fourth-order valence-corrected chi connectivity index (χ4v) is 3.36. The lowest BCUT2D eigenvalue weighted by Gasteiger charge is -2.41. The highest BCUT2D eigenvalue weighted by atomic mass is 14.8. The van der Waals surface area contributed by atoms with Crippen molar-refractivity contribution in [2.24, 2.45) is 4.99 Å². The summed E-state index contributed by atoms with van der Waals surface area (Å²) in [5.41, 5.74) is 3.81. The fraction of sp³-hybridized carbons (Fsp3) is 0.211. The minimum atomic E-state index is -0.155. The van der Waals surface area contributed by atoms with Crippen molar-refractivity contribution >= 4 is 6.21 Å². The van der Waals surface area contributed by atoms with Crippen LogP contribution in [0.5, 0.6) is 0 Å². The highest BCUT2D eigenvalue weighted by molar-refractivity contribution is 5.76. The molecule has 1 aliphatic heterocycles.